The van der Waals surface area contributed by atoms with Crippen LogP contribution in [0, 0.1) is 0 Å². The van der Waals surface area contributed by atoms with Gasteiger partial charge in [0.25, 0.3) is 0 Å². The molecule has 23 heavy (non-hydrogen) atoms. The Kier molecular flexibility index (Phi) is 5.49. The summed E-state index contributed by atoms with van der Waals surface area (Å²) in [7, 11) is 0. The first-order valence-electron chi connectivity index (χ1n) is 7.02. The number of ether oxygens (including phenoxy) is 1. The molecule has 0 bridgehead atoms. The summed E-state index contributed by atoms with van der Waals surface area (Å²) < 4.78 is 4.96. The third-order valence-electron chi connectivity index (χ3n) is 3.20. The van der Waals surface area contributed by atoms with Crippen LogP contribution in [0.1, 0.15) is 17.3 Å². The first-order chi connectivity index (χ1) is 10.8. The van der Waals surface area contributed by atoms with Crippen molar-refractivity contribution >= 4 is 40.8 Å². The molecule has 0 amide bonds. The van der Waals surface area contributed by atoms with Crippen molar-refractivity contribution in [1.29, 1.82) is 0 Å². The molecular formula is C17H16ClN3O2. The van der Waals surface area contributed by atoms with Gasteiger partial charge >= 0.3 is 5.97 Å². The number of fused-ring (bicyclic) bond motifs is 1. The average Bonchev–Trinajstić information content (AvgIpc) is 2.56. The van der Waals surface area contributed by atoms with Crippen molar-refractivity contribution in [3.8, 4) is 0 Å². The Bertz CT molecular complexity index is 801. The van der Waals surface area contributed by atoms with E-state index in [1.54, 1.807) is 19.1 Å². The van der Waals surface area contributed by atoms with Gasteiger partial charge in [0.2, 0.25) is 0 Å². The summed E-state index contributed by atoms with van der Waals surface area (Å²) in [5.41, 5.74) is 2.25. The Morgan fingerprint density at radius 2 is 1.83 bits per heavy atom. The van der Waals surface area contributed by atoms with E-state index in [0.29, 0.717) is 12.2 Å². The molecule has 1 N–H and O–H groups in total. The van der Waals surface area contributed by atoms with Crippen LogP contribution < -0.4 is 5.32 Å². The quantitative estimate of drug-likeness (QED) is 0.734. The summed E-state index contributed by atoms with van der Waals surface area (Å²) in [5.74, 6) is 0.413. The third kappa shape index (κ3) is 3.76. The summed E-state index contributed by atoms with van der Waals surface area (Å²) >= 11 is 0. The standard InChI is InChI=1S/C17H15N3O2.ClH/c1-2-22-17(21)12-7-9-13(10-8-12)20-16-14-5-3-4-6-15(14)18-11-19-16;/h3-11H,2H2,1H3,(H,18,19,20);1H. The number of nitrogens with zero attached hydrogens (tertiary/aromatic N) is 2. The first kappa shape index (κ1) is 16.7. The van der Waals surface area contributed by atoms with Crippen LogP contribution >= 0.6 is 12.4 Å². The number of aromatic nitrogens is 2. The van der Waals surface area contributed by atoms with E-state index in [0.717, 1.165) is 22.4 Å². The fraction of sp³-hybridized carbons (Fsp3) is 0.118. The molecule has 0 aliphatic rings. The van der Waals surface area contributed by atoms with Gasteiger partial charge in [0.1, 0.15) is 12.1 Å². The number of para-hydroxylation sites is 1. The zero-order valence-corrected chi connectivity index (χ0v) is 13.3. The highest BCUT2D eigenvalue weighted by atomic mass is 35.5. The minimum absolute atomic E-state index is 0. The number of esters is 1. The zero-order chi connectivity index (χ0) is 15.4. The number of carbonyl (C=O) groups excluding carboxylic acids is 1. The summed E-state index contributed by atoms with van der Waals surface area (Å²) in [6, 6.07) is 14.9. The summed E-state index contributed by atoms with van der Waals surface area (Å²) in [5, 5.41) is 4.19. The Balaban J connectivity index is 0.00000192. The molecule has 0 atom stereocenters. The maximum absolute atomic E-state index is 11.6. The van der Waals surface area contributed by atoms with Gasteiger partial charge in [-0.05, 0) is 43.3 Å². The second-order valence-corrected chi connectivity index (χ2v) is 4.66. The third-order valence-corrected chi connectivity index (χ3v) is 3.20. The number of benzene rings is 2. The lowest BCUT2D eigenvalue weighted by atomic mass is 10.2. The van der Waals surface area contributed by atoms with Gasteiger partial charge in [-0.25, -0.2) is 14.8 Å². The number of rotatable bonds is 4. The van der Waals surface area contributed by atoms with E-state index in [4.69, 9.17) is 4.74 Å². The Labute approximate surface area is 140 Å². The second-order valence-electron chi connectivity index (χ2n) is 4.66. The van der Waals surface area contributed by atoms with E-state index in [9.17, 15) is 4.79 Å². The van der Waals surface area contributed by atoms with Crippen LogP contribution in [0.15, 0.2) is 54.9 Å². The highest BCUT2D eigenvalue weighted by Crippen LogP contribution is 2.22. The maximum atomic E-state index is 11.6. The molecule has 0 saturated carbocycles. The molecule has 3 aromatic rings. The predicted molar refractivity (Wildman–Crippen MR) is 92.5 cm³/mol. The van der Waals surface area contributed by atoms with Gasteiger partial charge in [-0.3, -0.25) is 0 Å². The molecule has 0 spiro atoms. The number of nitrogens with one attached hydrogen (secondary N) is 1. The number of carbonyl (C=O) groups is 1. The Morgan fingerprint density at radius 3 is 2.57 bits per heavy atom. The van der Waals surface area contributed by atoms with Crippen molar-refractivity contribution in [2.45, 2.75) is 6.92 Å². The van der Waals surface area contributed by atoms with E-state index in [-0.39, 0.29) is 18.4 Å². The van der Waals surface area contributed by atoms with Crippen LogP contribution in [0.3, 0.4) is 0 Å². The number of anilines is 2. The van der Waals surface area contributed by atoms with E-state index in [2.05, 4.69) is 15.3 Å². The number of hydrogen-bond acceptors (Lipinski definition) is 5. The van der Waals surface area contributed by atoms with Crippen LogP contribution in [0.5, 0.6) is 0 Å². The summed E-state index contributed by atoms with van der Waals surface area (Å²) in [4.78, 5) is 20.1. The lowest BCUT2D eigenvalue weighted by Crippen LogP contribution is -2.04. The van der Waals surface area contributed by atoms with Crippen LogP contribution in [-0.4, -0.2) is 22.5 Å². The minimum Gasteiger partial charge on any atom is -0.462 e. The monoisotopic (exact) mass is 329 g/mol. The molecule has 118 valence electrons. The molecule has 2 aromatic carbocycles. The first-order valence-corrected chi connectivity index (χ1v) is 7.02. The van der Waals surface area contributed by atoms with Crippen molar-refractivity contribution in [3.63, 3.8) is 0 Å². The lowest BCUT2D eigenvalue weighted by molar-refractivity contribution is 0.0526. The van der Waals surface area contributed by atoms with Gasteiger partial charge in [-0.2, -0.15) is 0 Å². The van der Waals surface area contributed by atoms with Gasteiger partial charge in [-0.1, -0.05) is 12.1 Å². The zero-order valence-electron chi connectivity index (χ0n) is 12.5. The van der Waals surface area contributed by atoms with E-state index < -0.39 is 0 Å². The van der Waals surface area contributed by atoms with Crippen LogP contribution in [-0.2, 0) is 4.74 Å². The van der Waals surface area contributed by atoms with Gasteiger partial charge in [-0.15, -0.1) is 12.4 Å². The minimum atomic E-state index is -0.318. The summed E-state index contributed by atoms with van der Waals surface area (Å²) in [6.45, 7) is 2.15. The van der Waals surface area contributed by atoms with Gasteiger partial charge < -0.3 is 10.1 Å². The molecule has 1 heterocycles. The molecule has 0 aliphatic carbocycles. The largest absolute Gasteiger partial charge is 0.462 e. The van der Waals surface area contributed by atoms with Crippen LogP contribution in [0.4, 0.5) is 11.5 Å². The van der Waals surface area contributed by atoms with E-state index >= 15 is 0 Å². The van der Waals surface area contributed by atoms with Gasteiger partial charge in [0.15, 0.2) is 0 Å². The summed E-state index contributed by atoms with van der Waals surface area (Å²) in [6.07, 6.45) is 1.53. The normalized spacial score (nSPS) is 9.96. The molecule has 0 radical (unpaired) electrons. The lowest BCUT2D eigenvalue weighted by Gasteiger charge is -2.08. The van der Waals surface area contributed by atoms with Crippen molar-refractivity contribution in [3.05, 3.63) is 60.4 Å². The highest BCUT2D eigenvalue weighted by Gasteiger charge is 2.07. The molecule has 3 rings (SSSR count). The second kappa shape index (κ2) is 7.56. The van der Waals surface area contributed by atoms with Crippen LogP contribution in [0.25, 0.3) is 10.9 Å². The van der Waals surface area contributed by atoms with Crippen molar-refractivity contribution in [2.24, 2.45) is 0 Å². The van der Waals surface area contributed by atoms with Crippen molar-refractivity contribution < 1.29 is 9.53 Å². The predicted octanol–water partition coefficient (Wildman–Crippen LogP) is 3.97. The molecule has 0 saturated heterocycles. The van der Waals surface area contributed by atoms with E-state index in [1.165, 1.54) is 6.33 Å². The maximum Gasteiger partial charge on any atom is 0.338 e. The number of halogens is 1. The number of hydrogen-bond donors (Lipinski definition) is 1. The SMILES string of the molecule is CCOC(=O)c1ccc(Nc2ncnc3ccccc23)cc1.Cl. The Hall–Kier alpha value is -2.66. The fourth-order valence-electron chi connectivity index (χ4n) is 2.15. The van der Waals surface area contributed by atoms with Gasteiger partial charge in [0.05, 0.1) is 17.7 Å². The molecule has 6 heteroatoms. The fourth-order valence-corrected chi connectivity index (χ4v) is 2.15. The molecule has 0 fully saturated rings. The van der Waals surface area contributed by atoms with E-state index in [1.807, 2.05) is 36.4 Å². The van der Waals surface area contributed by atoms with Crippen molar-refractivity contribution in [1.82, 2.24) is 9.97 Å². The smallest absolute Gasteiger partial charge is 0.338 e. The molecule has 1 aromatic heterocycles. The van der Waals surface area contributed by atoms with Crippen LogP contribution in [0.2, 0.25) is 0 Å². The molecule has 0 unspecified atom stereocenters. The Morgan fingerprint density at radius 1 is 1.09 bits per heavy atom. The average molecular weight is 330 g/mol. The molecular weight excluding hydrogens is 314 g/mol. The molecule has 5 nitrogen and oxygen atoms in total. The van der Waals surface area contributed by atoms with Gasteiger partial charge in [0, 0.05) is 11.1 Å². The topological polar surface area (TPSA) is 64.1 Å². The molecule has 0 aliphatic heterocycles. The highest BCUT2D eigenvalue weighted by molar-refractivity contribution is 5.92. The van der Waals surface area contributed by atoms with Crippen molar-refractivity contribution in [2.75, 3.05) is 11.9 Å².